The third-order valence-corrected chi connectivity index (χ3v) is 2.58. The van der Waals surface area contributed by atoms with E-state index in [1.807, 2.05) is 6.92 Å². The van der Waals surface area contributed by atoms with E-state index in [0.717, 1.165) is 12.8 Å². The Morgan fingerprint density at radius 2 is 2.50 bits per heavy atom. The largest absolute Gasteiger partial charge is 0.396 e. The van der Waals surface area contributed by atoms with Crippen molar-refractivity contribution in [1.82, 2.24) is 5.32 Å². The molecular formula is C10H18N2O2. The number of nitrogens with one attached hydrogen (secondary N) is 1. The molecule has 1 aliphatic heterocycles. The van der Waals surface area contributed by atoms with Gasteiger partial charge in [-0.25, -0.2) is 0 Å². The fourth-order valence-electron chi connectivity index (χ4n) is 1.79. The van der Waals surface area contributed by atoms with Crippen LogP contribution < -0.4 is 5.32 Å². The SMILES string of the molecule is CC1CC(C#N)(NCCCO)CCO1. The van der Waals surface area contributed by atoms with Gasteiger partial charge in [0.1, 0.15) is 5.54 Å². The van der Waals surface area contributed by atoms with Crippen molar-refractivity contribution in [3.05, 3.63) is 0 Å². The minimum absolute atomic E-state index is 0.144. The first-order valence-electron chi connectivity index (χ1n) is 5.11. The lowest BCUT2D eigenvalue weighted by Crippen LogP contribution is -2.50. The molecule has 1 aliphatic rings. The molecule has 0 aliphatic carbocycles. The first-order valence-corrected chi connectivity index (χ1v) is 5.11. The lowest BCUT2D eigenvalue weighted by atomic mass is 9.88. The van der Waals surface area contributed by atoms with Crippen LogP contribution in [0.4, 0.5) is 0 Å². The van der Waals surface area contributed by atoms with Crippen LogP contribution >= 0.6 is 0 Å². The number of aliphatic hydroxyl groups excluding tert-OH is 1. The first-order chi connectivity index (χ1) is 6.72. The molecule has 1 rings (SSSR count). The number of hydrogen-bond donors (Lipinski definition) is 2. The molecule has 0 aromatic rings. The maximum atomic E-state index is 9.13. The molecule has 4 nitrogen and oxygen atoms in total. The van der Waals surface area contributed by atoms with E-state index >= 15 is 0 Å². The van der Waals surface area contributed by atoms with Gasteiger partial charge in [0.05, 0.1) is 12.2 Å². The highest BCUT2D eigenvalue weighted by molar-refractivity contribution is 5.09. The van der Waals surface area contributed by atoms with Gasteiger partial charge in [-0.3, -0.25) is 5.32 Å². The molecule has 1 saturated heterocycles. The summed E-state index contributed by atoms with van der Waals surface area (Å²) in [7, 11) is 0. The number of nitriles is 1. The minimum atomic E-state index is -0.438. The van der Waals surface area contributed by atoms with Crippen LogP contribution in [0.15, 0.2) is 0 Å². The van der Waals surface area contributed by atoms with Gasteiger partial charge in [0.2, 0.25) is 0 Å². The molecule has 0 radical (unpaired) electrons. The van der Waals surface area contributed by atoms with E-state index in [1.54, 1.807) is 0 Å². The Labute approximate surface area is 84.9 Å². The van der Waals surface area contributed by atoms with Crippen molar-refractivity contribution in [3.8, 4) is 6.07 Å². The lowest BCUT2D eigenvalue weighted by Gasteiger charge is -2.35. The van der Waals surface area contributed by atoms with Crippen molar-refractivity contribution >= 4 is 0 Å². The molecule has 0 amide bonds. The minimum Gasteiger partial charge on any atom is -0.396 e. The number of rotatable bonds is 4. The van der Waals surface area contributed by atoms with Crippen LogP contribution in [-0.4, -0.2) is 36.5 Å². The van der Waals surface area contributed by atoms with Gasteiger partial charge in [-0.1, -0.05) is 0 Å². The molecule has 0 spiro atoms. The summed E-state index contributed by atoms with van der Waals surface area (Å²) < 4.78 is 5.40. The average molecular weight is 198 g/mol. The van der Waals surface area contributed by atoms with Gasteiger partial charge in [0, 0.05) is 26.1 Å². The number of nitrogens with zero attached hydrogens (tertiary/aromatic N) is 1. The fourth-order valence-corrected chi connectivity index (χ4v) is 1.79. The molecule has 2 unspecified atom stereocenters. The second kappa shape index (κ2) is 5.30. The smallest absolute Gasteiger partial charge is 0.111 e. The van der Waals surface area contributed by atoms with Gasteiger partial charge in [-0.2, -0.15) is 5.26 Å². The second-order valence-electron chi connectivity index (χ2n) is 3.83. The van der Waals surface area contributed by atoms with Crippen LogP contribution in [0.25, 0.3) is 0 Å². The van der Waals surface area contributed by atoms with Crippen molar-refractivity contribution in [1.29, 1.82) is 5.26 Å². The van der Waals surface area contributed by atoms with Gasteiger partial charge in [0.25, 0.3) is 0 Å². The Morgan fingerprint density at radius 3 is 3.07 bits per heavy atom. The molecule has 0 aromatic carbocycles. The van der Waals surface area contributed by atoms with Crippen LogP contribution in [-0.2, 0) is 4.74 Å². The van der Waals surface area contributed by atoms with Gasteiger partial charge in [-0.15, -0.1) is 0 Å². The topological polar surface area (TPSA) is 65.3 Å². The molecule has 0 aromatic heterocycles. The van der Waals surface area contributed by atoms with Crippen molar-refractivity contribution in [2.24, 2.45) is 0 Å². The van der Waals surface area contributed by atoms with Gasteiger partial charge in [-0.05, 0) is 19.9 Å². The standard InChI is InChI=1S/C10H18N2O2/c1-9-7-10(8-11,3-6-14-9)12-4-2-5-13/h9,12-13H,2-7H2,1H3. The lowest BCUT2D eigenvalue weighted by molar-refractivity contribution is -0.00335. The van der Waals surface area contributed by atoms with Crippen LogP contribution in [0.2, 0.25) is 0 Å². The molecule has 2 N–H and O–H groups in total. The molecule has 1 fully saturated rings. The molecule has 80 valence electrons. The van der Waals surface area contributed by atoms with Crippen molar-refractivity contribution < 1.29 is 9.84 Å². The quantitative estimate of drug-likeness (QED) is 0.642. The molecule has 14 heavy (non-hydrogen) atoms. The van der Waals surface area contributed by atoms with Crippen LogP contribution in [0, 0.1) is 11.3 Å². The zero-order valence-electron chi connectivity index (χ0n) is 8.62. The maximum Gasteiger partial charge on any atom is 0.111 e. The van der Waals surface area contributed by atoms with E-state index in [1.165, 1.54) is 0 Å². The summed E-state index contributed by atoms with van der Waals surface area (Å²) in [4.78, 5) is 0. The molecule has 2 atom stereocenters. The Kier molecular flexibility index (Phi) is 4.33. The van der Waals surface area contributed by atoms with E-state index in [9.17, 15) is 0 Å². The van der Waals surface area contributed by atoms with Crippen molar-refractivity contribution in [3.63, 3.8) is 0 Å². The average Bonchev–Trinajstić information content (AvgIpc) is 2.18. The number of ether oxygens (including phenoxy) is 1. The van der Waals surface area contributed by atoms with E-state index in [4.69, 9.17) is 15.1 Å². The molecular weight excluding hydrogens is 180 g/mol. The fraction of sp³-hybridized carbons (Fsp3) is 0.900. The zero-order valence-corrected chi connectivity index (χ0v) is 8.62. The molecule has 4 heteroatoms. The monoisotopic (exact) mass is 198 g/mol. The molecule has 0 saturated carbocycles. The summed E-state index contributed by atoms with van der Waals surface area (Å²) in [6.07, 6.45) is 2.30. The summed E-state index contributed by atoms with van der Waals surface area (Å²) in [5.41, 5.74) is -0.438. The summed E-state index contributed by atoms with van der Waals surface area (Å²) in [5.74, 6) is 0. The zero-order chi connectivity index (χ0) is 10.4. The van der Waals surface area contributed by atoms with E-state index in [0.29, 0.717) is 19.6 Å². The third kappa shape index (κ3) is 2.95. The van der Waals surface area contributed by atoms with E-state index < -0.39 is 5.54 Å². The van der Waals surface area contributed by atoms with Gasteiger partial charge >= 0.3 is 0 Å². The summed E-state index contributed by atoms with van der Waals surface area (Å²) in [6, 6.07) is 2.33. The maximum absolute atomic E-state index is 9.13. The highest BCUT2D eigenvalue weighted by Gasteiger charge is 2.34. The van der Waals surface area contributed by atoms with Gasteiger partial charge < -0.3 is 9.84 Å². The summed E-state index contributed by atoms with van der Waals surface area (Å²) in [6.45, 7) is 3.48. The Morgan fingerprint density at radius 1 is 1.71 bits per heavy atom. The van der Waals surface area contributed by atoms with Crippen LogP contribution in [0.1, 0.15) is 26.2 Å². The number of hydrogen-bond acceptors (Lipinski definition) is 4. The predicted octanol–water partition coefficient (Wildman–Crippen LogP) is 0.420. The third-order valence-electron chi connectivity index (χ3n) is 2.58. The summed E-state index contributed by atoms with van der Waals surface area (Å²) >= 11 is 0. The Hall–Kier alpha value is -0.630. The van der Waals surface area contributed by atoms with E-state index in [-0.39, 0.29) is 12.7 Å². The normalized spacial score (nSPS) is 32.5. The number of aliphatic hydroxyl groups is 1. The summed E-state index contributed by atoms with van der Waals surface area (Å²) in [5, 5.41) is 21.0. The van der Waals surface area contributed by atoms with Gasteiger partial charge in [0.15, 0.2) is 0 Å². The van der Waals surface area contributed by atoms with Crippen LogP contribution in [0.3, 0.4) is 0 Å². The highest BCUT2D eigenvalue weighted by Crippen LogP contribution is 2.23. The first kappa shape index (κ1) is 11.4. The Balaban J connectivity index is 2.44. The molecule has 0 bridgehead atoms. The predicted molar refractivity (Wildman–Crippen MR) is 52.7 cm³/mol. The van der Waals surface area contributed by atoms with E-state index in [2.05, 4.69) is 11.4 Å². The Bertz CT molecular complexity index is 215. The second-order valence-corrected chi connectivity index (χ2v) is 3.83. The van der Waals surface area contributed by atoms with Crippen molar-refractivity contribution in [2.75, 3.05) is 19.8 Å². The van der Waals surface area contributed by atoms with Crippen LogP contribution in [0.5, 0.6) is 0 Å². The molecule has 1 heterocycles. The highest BCUT2D eigenvalue weighted by atomic mass is 16.5. The van der Waals surface area contributed by atoms with Crippen molar-refractivity contribution in [2.45, 2.75) is 37.8 Å².